The molecule has 21 heavy (non-hydrogen) atoms. The van der Waals surface area contributed by atoms with Crippen LogP contribution in [0.4, 0.5) is 4.79 Å². The van der Waals surface area contributed by atoms with Crippen molar-refractivity contribution in [2.45, 2.75) is 57.1 Å². The number of hydrogen-bond acceptors (Lipinski definition) is 6. The van der Waals surface area contributed by atoms with Crippen molar-refractivity contribution in [3.05, 3.63) is 0 Å². The van der Waals surface area contributed by atoms with Crippen LogP contribution in [0.3, 0.4) is 0 Å². The van der Waals surface area contributed by atoms with Crippen LogP contribution in [0.5, 0.6) is 0 Å². The summed E-state index contributed by atoms with van der Waals surface area (Å²) >= 11 is 0. The normalized spacial score (nSPS) is 29.0. The fourth-order valence-corrected chi connectivity index (χ4v) is 2.47. The Bertz CT molecular complexity index is 447. The number of hydrogen-bond donors (Lipinski definition) is 1. The Morgan fingerprint density at radius 1 is 0.952 bits per heavy atom. The van der Waals surface area contributed by atoms with E-state index in [9.17, 15) is 19.2 Å². The summed E-state index contributed by atoms with van der Waals surface area (Å²) in [6, 6.07) is -0.476. The summed E-state index contributed by atoms with van der Waals surface area (Å²) in [5, 5.41) is 2.55. The lowest BCUT2D eigenvalue weighted by atomic mass is 10.0. The molecule has 0 radical (unpaired) electrons. The van der Waals surface area contributed by atoms with E-state index >= 15 is 0 Å². The van der Waals surface area contributed by atoms with E-state index in [1.54, 1.807) is 0 Å². The summed E-state index contributed by atoms with van der Waals surface area (Å²) < 4.78 is 9.95. The average Bonchev–Trinajstić information content (AvgIpc) is 2.75. The molecule has 0 bridgehead atoms. The lowest BCUT2D eigenvalue weighted by Gasteiger charge is -2.16. The van der Waals surface area contributed by atoms with Gasteiger partial charge >= 0.3 is 12.1 Å². The Balaban J connectivity index is 1.98. The number of ketones is 2. The molecule has 2 aliphatic rings. The summed E-state index contributed by atoms with van der Waals surface area (Å²) in [5.41, 5.74) is 0. The number of carbonyl (C=O) groups is 4. The van der Waals surface area contributed by atoms with Gasteiger partial charge in [-0.25, -0.2) is 4.79 Å². The van der Waals surface area contributed by atoms with Gasteiger partial charge in [0.1, 0.15) is 24.6 Å². The summed E-state index contributed by atoms with van der Waals surface area (Å²) in [6.45, 7) is -0.136. The smallest absolute Gasteiger partial charge is 0.407 e. The highest BCUT2D eigenvalue weighted by molar-refractivity contribution is 5.95. The highest BCUT2D eigenvalue weighted by atomic mass is 16.6. The van der Waals surface area contributed by atoms with Crippen LogP contribution in [0.2, 0.25) is 0 Å². The molecule has 2 saturated heterocycles. The van der Waals surface area contributed by atoms with Crippen LogP contribution in [0.25, 0.3) is 0 Å². The number of esters is 1. The predicted octanol–water partition coefficient (Wildman–Crippen LogP) is 0.889. The standard InChI is InChI=1S/C14H19NO6/c16-9-4-2-1-3-5-10(17)7-13(18)20-8-12-11(6-9)15-14(19)21-12/h11-12H,1-8H2,(H,15,19)/t11-,12-/m1/s1. The topological polar surface area (TPSA) is 98.8 Å². The first-order valence-electron chi connectivity index (χ1n) is 7.21. The molecule has 2 fully saturated rings. The molecule has 2 atom stereocenters. The van der Waals surface area contributed by atoms with Gasteiger partial charge in [0.05, 0.1) is 6.04 Å². The maximum absolute atomic E-state index is 11.8. The van der Waals surface area contributed by atoms with E-state index in [0.29, 0.717) is 25.7 Å². The van der Waals surface area contributed by atoms with Crippen LogP contribution in [0.1, 0.15) is 44.9 Å². The van der Waals surface area contributed by atoms with Gasteiger partial charge in [0.2, 0.25) is 0 Å². The largest absolute Gasteiger partial charge is 0.461 e. The zero-order valence-corrected chi connectivity index (χ0v) is 11.8. The lowest BCUT2D eigenvalue weighted by molar-refractivity contribution is -0.148. The molecule has 7 heteroatoms. The van der Waals surface area contributed by atoms with Gasteiger partial charge in [-0.05, 0) is 12.8 Å². The first-order chi connectivity index (χ1) is 10.0. The minimum atomic E-state index is -0.677. The van der Waals surface area contributed by atoms with Gasteiger partial charge < -0.3 is 14.8 Å². The van der Waals surface area contributed by atoms with Gasteiger partial charge in [-0.3, -0.25) is 14.4 Å². The molecule has 2 aliphatic heterocycles. The SMILES string of the molecule is O=C1CCCCCC(=O)C[C@H]2NC(=O)O[C@@H]2COC(=O)C1. The molecule has 0 spiro atoms. The Morgan fingerprint density at radius 2 is 1.67 bits per heavy atom. The number of nitrogens with one attached hydrogen (secondary N) is 1. The van der Waals surface area contributed by atoms with E-state index in [1.807, 2.05) is 0 Å². The zero-order valence-electron chi connectivity index (χ0n) is 11.8. The van der Waals surface area contributed by atoms with Crippen LogP contribution in [0, 0.1) is 0 Å². The molecule has 116 valence electrons. The molecule has 0 aromatic heterocycles. The number of amides is 1. The molecule has 1 N–H and O–H groups in total. The number of carbonyl (C=O) groups excluding carboxylic acids is 4. The number of alkyl carbamates (subject to hydrolysis) is 1. The minimum absolute atomic E-state index is 0.0329. The van der Waals surface area contributed by atoms with E-state index in [0.717, 1.165) is 6.42 Å². The van der Waals surface area contributed by atoms with E-state index in [2.05, 4.69) is 5.32 Å². The van der Waals surface area contributed by atoms with Gasteiger partial charge in [0.15, 0.2) is 6.10 Å². The molecule has 7 nitrogen and oxygen atoms in total. The van der Waals surface area contributed by atoms with Gasteiger partial charge in [-0.15, -0.1) is 0 Å². The number of cyclic esters (lactones) is 1. The molecule has 0 aromatic carbocycles. The number of fused-ring (bicyclic) bond motifs is 1. The second-order valence-corrected chi connectivity index (χ2v) is 5.40. The van der Waals surface area contributed by atoms with Crippen molar-refractivity contribution in [1.82, 2.24) is 5.32 Å². The Labute approximate surface area is 122 Å². The van der Waals surface area contributed by atoms with Crippen molar-refractivity contribution < 1.29 is 28.7 Å². The number of rotatable bonds is 0. The highest BCUT2D eigenvalue weighted by Gasteiger charge is 2.36. The maximum Gasteiger partial charge on any atom is 0.407 e. The summed E-state index contributed by atoms with van der Waals surface area (Å²) in [6.07, 6.45) is 1.53. The fourth-order valence-electron chi connectivity index (χ4n) is 2.47. The molecule has 0 saturated carbocycles. The lowest BCUT2D eigenvalue weighted by Crippen LogP contribution is -2.37. The van der Waals surface area contributed by atoms with Gasteiger partial charge in [-0.1, -0.05) is 6.42 Å². The Morgan fingerprint density at radius 3 is 2.43 bits per heavy atom. The van der Waals surface area contributed by atoms with Crippen molar-refractivity contribution in [3.63, 3.8) is 0 Å². The molecular weight excluding hydrogens is 278 g/mol. The Hall–Kier alpha value is -1.92. The van der Waals surface area contributed by atoms with E-state index in [1.165, 1.54) is 0 Å². The molecular formula is C14H19NO6. The van der Waals surface area contributed by atoms with Crippen LogP contribution in [0.15, 0.2) is 0 Å². The summed E-state index contributed by atoms with van der Waals surface area (Å²) in [7, 11) is 0. The van der Waals surface area contributed by atoms with Crippen molar-refractivity contribution >= 4 is 23.6 Å². The third-order valence-electron chi connectivity index (χ3n) is 3.62. The van der Waals surface area contributed by atoms with Crippen LogP contribution >= 0.6 is 0 Å². The molecule has 0 aromatic rings. The fraction of sp³-hybridized carbons (Fsp3) is 0.714. The van der Waals surface area contributed by atoms with Crippen molar-refractivity contribution in [3.8, 4) is 0 Å². The molecule has 2 rings (SSSR count). The van der Waals surface area contributed by atoms with Gasteiger partial charge in [0.25, 0.3) is 0 Å². The van der Waals surface area contributed by atoms with Crippen LogP contribution in [-0.4, -0.2) is 42.4 Å². The zero-order chi connectivity index (χ0) is 15.2. The van der Waals surface area contributed by atoms with Crippen molar-refractivity contribution in [2.75, 3.05) is 6.61 Å². The number of ether oxygens (including phenoxy) is 2. The highest BCUT2D eigenvalue weighted by Crippen LogP contribution is 2.16. The first-order valence-corrected chi connectivity index (χ1v) is 7.21. The van der Waals surface area contributed by atoms with E-state index in [4.69, 9.17) is 9.47 Å². The third-order valence-corrected chi connectivity index (χ3v) is 3.62. The van der Waals surface area contributed by atoms with Gasteiger partial charge in [0, 0.05) is 19.3 Å². The molecule has 0 unspecified atom stereocenters. The van der Waals surface area contributed by atoms with E-state index in [-0.39, 0.29) is 31.0 Å². The Kier molecular flexibility index (Phi) is 5.30. The van der Waals surface area contributed by atoms with Crippen molar-refractivity contribution in [2.24, 2.45) is 0 Å². The molecule has 2 heterocycles. The second kappa shape index (κ2) is 7.19. The molecule has 0 aliphatic carbocycles. The summed E-state index contributed by atoms with van der Waals surface area (Å²) in [5.74, 6) is -0.753. The third kappa shape index (κ3) is 4.84. The van der Waals surface area contributed by atoms with Crippen molar-refractivity contribution in [1.29, 1.82) is 0 Å². The summed E-state index contributed by atoms with van der Waals surface area (Å²) in [4.78, 5) is 46.2. The second-order valence-electron chi connectivity index (χ2n) is 5.40. The van der Waals surface area contributed by atoms with Crippen LogP contribution in [-0.2, 0) is 23.9 Å². The van der Waals surface area contributed by atoms with Crippen LogP contribution < -0.4 is 5.32 Å². The molecule has 1 amide bonds. The van der Waals surface area contributed by atoms with Gasteiger partial charge in [-0.2, -0.15) is 0 Å². The monoisotopic (exact) mass is 297 g/mol. The predicted molar refractivity (Wildman–Crippen MR) is 70.5 cm³/mol. The number of Topliss-reactive ketones (excluding diaryl/α,β-unsaturated/α-hetero) is 2. The maximum atomic E-state index is 11.8. The minimum Gasteiger partial charge on any atom is -0.461 e. The quantitative estimate of drug-likeness (QED) is 0.526. The first kappa shape index (κ1) is 15.5. The van der Waals surface area contributed by atoms with E-state index < -0.39 is 24.2 Å². The average molecular weight is 297 g/mol.